The van der Waals surface area contributed by atoms with Gasteiger partial charge < -0.3 is 10.1 Å². The van der Waals surface area contributed by atoms with Gasteiger partial charge in [0.15, 0.2) is 0 Å². The summed E-state index contributed by atoms with van der Waals surface area (Å²) in [5.74, 6) is 0.911. The number of nitrogens with one attached hydrogen (secondary N) is 1. The molecule has 1 atom stereocenters. The van der Waals surface area contributed by atoms with Gasteiger partial charge >= 0.3 is 0 Å². The monoisotopic (exact) mass is 284 g/mol. The fraction of sp³-hybridized carbons (Fsp3) is 0.389. The van der Waals surface area contributed by atoms with Crippen LogP contribution in [0, 0.1) is 0 Å². The highest BCUT2D eigenvalue weighted by Crippen LogP contribution is 2.20. The standard InChI is InChI=1S/C18H24N2O/c1-3-12-20-18(16-10-13-19-14-11-16)9-6-15-4-7-17(21-2)8-5-15/h4-5,7-8,10-11,13-14,18,20H,3,6,9,12H2,1-2H3. The molecule has 2 rings (SSSR count). The van der Waals surface area contributed by atoms with Crippen LogP contribution in [0.5, 0.6) is 5.75 Å². The molecule has 1 aromatic carbocycles. The van der Waals surface area contributed by atoms with Crippen LogP contribution >= 0.6 is 0 Å². The van der Waals surface area contributed by atoms with Crippen molar-refractivity contribution in [2.75, 3.05) is 13.7 Å². The minimum Gasteiger partial charge on any atom is -0.497 e. The van der Waals surface area contributed by atoms with Crippen molar-refractivity contribution in [1.82, 2.24) is 10.3 Å². The third-order valence-corrected chi connectivity index (χ3v) is 3.63. The second-order valence-electron chi connectivity index (χ2n) is 5.17. The van der Waals surface area contributed by atoms with E-state index in [1.165, 1.54) is 11.1 Å². The molecule has 1 N–H and O–H groups in total. The van der Waals surface area contributed by atoms with Crippen LogP contribution in [0.2, 0.25) is 0 Å². The zero-order valence-corrected chi connectivity index (χ0v) is 12.9. The first-order valence-electron chi connectivity index (χ1n) is 7.59. The quantitative estimate of drug-likeness (QED) is 0.801. The topological polar surface area (TPSA) is 34.1 Å². The van der Waals surface area contributed by atoms with Crippen LogP contribution in [0.1, 0.15) is 36.9 Å². The Balaban J connectivity index is 1.97. The summed E-state index contributed by atoms with van der Waals surface area (Å²) in [5, 5.41) is 3.63. The smallest absolute Gasteiger partial charge is 0.118 e. The van der Waals surface area contributed by atoms with Gasteiger partial charge in [0.1, 0.15) is 5.75 Å². The molecule has 0 radical (unpaired) electrons. The van der Waals surface area contributed by atoms with E-state index in [1.54, 1.807) is 7.11 Å². The summed E-state index contributed by atoms with van der Waals surface area (Å²) in [7, 11) is 1.70. The minimum absolute atomic E-state index is 0.384. The molecule has 0 aliphatic heterocycles. The molecular weight excluding hydrogens is 260 g/mol. The summed E-state index contributed by atoms with van der Waals surface area (Å²) in [6.45, 7) is 3.23. The van der Waals surface area contributed by atoms with Crippen LogP contribution in [-0.2, 0) is 6.42 Å². The molecule has 1 unspecified atom stereocenters. The normalized spacial score (nSPS) is 12.1. The molecule has 0 aliphatic rings. The average molecular weight is 284 g/mol. The predicted octanol–water partition coefficient (Wildman–Crippen LogP) is 3.76. The summed E-state index contributed by atoms with van der Waals surface area (Å²) in [5.41, 5.74) is 2.65. The highest BCUT2D eigenvalue weighted by atomic mass is 16.5. The lowest BCUT2D eigenvalue weighted by molar-refractivity contribution is 0.414. The van der Waals surface area contributed by atoms with Gasteiger partial charge in [-0.25, -0.2) is 0 Å². The summed E-state index contributed by atoms with van der Waals surface area (Å²) in [6.07, 6.45) is 7.00. The number of ether oxygens (including phenoxy) is 1. The first-order valence-corrected chi connectivity index (χ1v) is 7.59. The second kappa shape index (κ2) is 8.42. The van der Waals surface area contributed by atoms with E-state index in [-0.39, 0.29) is 0 Å². The highest BCUT2D eigenvalue weighted by molar-refractivity contribution is 5.27. The third kappa shape index (κ3) is 4.87. The maximum atomic E-state index is 5.20. The van der Waals surface area contributed by atoms with E-state index < -0.39 is 0 Å². The molecule has 0 saturated heterocycles. The lowest BCUT2D eigenvalue weighted by Crippen LogP contribution is -2.22. The maximum Gasteiger partial charge on any atom is 0.118 e. The van der Waals surface area contributed by atoms with Crippen molar-refractivity contribution >= 4 is 0 Å². The van der Waals surface area contributed by atoms with Gasteiger partial charge in [0, 0.05) is 18.4 Å². The molecule has 1 aromatic heterocycles. The van der Waals surface area contributed by atoms with E-state index >= 15 is 0 Å². The summed E-state index contributed by atoms with van der Waals surface area (Å²) < 4.78 is 5.20. The molecule has 0 amide bonds. The Morgan fingerprint density at radius 1 is 1.10 bits per heavy atom. The van der Waals surface area contributed by atoms with Gasteiger partial charge in [0.05, 0.1) is 7.11 Å². The lowest BCUT2D eigenvalue weighted by atomic mass is 9.99. The largest absolute Gasteiger partial charge is 0.497 e. The van der Waals surface area contributed by atoms with Gasteiger partial charge in [-0.15, -0.1) is 0 Å². The number of benzene rings is 1. The Kier molecular flexibility index (Phi) is 6.22. The maximum absolute atomic E-state index is 5.20. The molecule has 3 nitrogen and oxygen atoms in total. The van der Waals surface area contributed by atoms with E-state index in [4.69, 9.17) is 4.74 Å². The number of methoxy groups -OCH3 is 1. The number of aryl methyl sites for hydroxylation is 1. The fourth-order valence-corrected chi connectivity index (χ4v) is 2.40. The molecule has 1 heterocycles. The van der Waals surface area contributed by atoms with Crippen molar-refractivity contribution in [1.29, 1.82) is 0 Å². The second-order valence-corrected chi connectivity index (χ2v) is 5.17. The number of hydrogen-bond donors (Lipinski definition) is 1. The third-order valence-electron chi connectivity index (χ3n) is 3.63. The zero-order valence-electron chi connectivity index (χ0n) is 12.9. The fourth-order valence-electron chi connectivity index (χ4n) is 2.40. The molecule has 0 bridgehead atoms. The van der Waals surface area contributed by atoms with Crippen LogP contribution in [0.3, 0.4) is 0 Å². The van der Waals surface area contributed by atoms with E-state index in [0.29, 0.717) is 6.04 Å². The number of aromatic nitrogens is 1. The Hall–Kier alpha value is -1.87. The number of pyridine rings is 1. The van der Waals surface area contributed by atoms with Crippen LogP contribution < -0.4 is 10.1 Å². The van der Waals surface area contributed by atoms with Crippen LogP contribution in [-0.4, -0.2) is 18.6 Å². The first kappa shape index (κ1) is 15.5. The van der Waals surface area contributed by atoms with Crippen molar-refractivity contribution in [2.45, 2.75) is 32.2 Å². The Labute approximate surface area is 127 Å². The van der Waals surface area contributed by atoms with E-state index in [9.17, 15) is 0 Å². The zero-order chi connectivity index (χ0) is 14.9. The van der Waals surface area contributed by atoms with Crippen LogP contribution in [0.4, 0.5) is 0 Å². The summed E-state index contributed by atoms with van der Waals surface area (Å²) in [4.78, 5) is 4.10. The average Bonchev–Trinajstić information content (AvgIpc) is 2.56. The van der Waals surface area contributed by atoms with Crippen molar-refractivity contribution < 1.29 is 4.74 Å². The Morgan fingerprint density at radius 3 is 2.43 bits per heavy atom. The Morgan fingerprint density at radius 2 is 1.81 bits per heavy atom. The molecule has 3 heteroatoms. The minimum atomic E-state index is 0.384. The number of hydrogen-bond acceptors (Lipinski definition) is 3. The molecule has 0 fully saturated rings. The predicted molar refractivity (Wildman–Crippen MR) is 86.6 cm³/mol. The first-order chi connectivity index (χ1) is 10.3. The molecular formula is C18H24N2O. The van der Waals surface area contributed by atoms with Crippen molar-refractivity contribution in [2.24, 2.45) is 0 Å². The molecule has 0 aliphatic carbocycles. The van der Waals surface area contributed by atoms with Gasteiger partial charge in [-0.2, -0.15) is 0 Å². The van der Waals surface area contributed by atoms with Gasteiger partial charge in [0.2, 0.25) is 0 Å². The molecule has 21 heavy (non-hydrogen) atoms. The molecule has 2 aromatic rings. The van der Waals surface area contributed by atoms with Crippen molar-refractivity contribution in [3.8, 4) is 5.75 Å². The van der Waals surface area contributed by atoms with Crippen LogP contribution in [0.25, 0.3) is 0 Å². The SMILES string of the molecule is CCCNC(CCc1ccc(OC)cc1)c1ccncc1. The van der Waals surface area contributed by atoms with Crippen molar-refractivity contribution in [3.05, 3.63) is 59.9 Å². The summed E-state index contributed by atoms with van der Waals surface area (Å²) in [6, 6.07) is 12.9. The lowest BCUT2D eigenvalue weighted by Gasteiger charge is -2.19. The van der Waals surface area contributed by atoms with Gasteiger partial charge in [0.25, 0.3) is 0 Å². The van der Waals surface area contributed by atoms with Gasteiger partial charge in [-0.05, 0) is 61.2 Å². The molecule has 112 valence electrons. The highest BCUT2D eigenvalue weighted by Gasteiger charge is 2.10. The number of rotatable bonds is 8. The van der Waals surface area contributed by atoms with Gasteiger partial charge in [-0.1, -0.05) is 19.1 Å². The summed E-state index contributed by atoms with van der Waals surface area (Å²) >= 11 is 0. The van der Waals surface area contributed by atoms with Crippen molar-refractivity contribution in [3.63, 3.8) is 0 Å². The van der Waals surface area contributed by atoms with Gasteiger partial charge in [-0.3, -0.25) is 4.98 Å². The Bertz CT molecular complexity index is 511. The molecule has 0 saturated carbocycles. The molecule has 0 spiro atoms. The van der Waals surface area contributed by atoms with Crippen LogP contribution in [0.15, 0.2) is 48.8 Å². The van der Waals surface area contributed by atoms with E-state index in [0.717, 1.165) is 31.6 Å². The van der Waals surface area contributed by atoms with E-state index in [2.05, 4.69) is 41.5 Å². The van der Waals surface area contributed by atoms with E-state index in [1.807, 2.05) is 24.5 Å². The number of nitrogens with zero attached hydrogens (tertiary/aromatic N) is 1.